The Kier molecular flexibility index (Phi) is 4.39. The van der Waals surface area contributed by atoms with Crippen LogP contribution in [0.15, 0.2) is 18.2 Å². The lowest BCUT2D eigenvalue weighted by Gasteiger charge is -2.34. The summed E-state index contributed by atoms with van der Waals surface area (Å²) in [6.07, 6.45) is 3.90. The first-order valence-corrected chi connectivity index (χ1v) is 7.08. The van der Waals surface area contributed by atoms with Crippen molar-refractivity contribution in [1.82, 2.24) is 0 Å². The minimum atomic E-state index is 0.555. The quantitative estimate of drug-likeness (QED) is 0.865. The number of rotatable bonds is 3. The molecule has 1 aliphatic carbocycles. The molecule has 18 heavy (non-hydrogen) atoms. The molecule has 1 aromatic rings. The van der Waals surface area contributed by atoms with E-state index in [1.807, 2.05) is 18.2 Å². The lowest BCUT2D eigenvalue weighted by atomic mass is 9.80. The summed E-state index contributed by atoms with van der Waals surface area (Å²) >= 11 is 6.04. The summed E-state index contributed by atoms with van der Waals surface area (Å²) in [7, 11) is 1.65. The van der Waals surface area contributed by atoms with Crippen molar-refractivity contribution in [2.24, 2.45) is 11.8 Å². The van der Waals surface area contributed by atoms with Crippen molar-refractivity contribution in [2.75, 3.05) is 12.4 Å². The number of halogens is 1. The molecule has 3 unspecified atom stereocenters. The summed E-state index contributed by atoms with van der Waals surface area (Å²) in [6, 6.07) is 6.45. The van der Waals surface area contributed by atoms with Crippen molar-refractivity contribution in [3.63, 3.8) is 0 Å². The van der Waals surface area contributed by atoms with E-state index in [-0.39, 0.29) is 0 Å². The zero-order valence-electron chi connectivity index (χ0n) is 11.4. The van der Waals surface area contributed by atoms with Crippen LogP contribution in [-0.4, -0.2) is 13.2 Å². The van der Waals surface area contributed by atoms with Crippen molar-refractivity contribution in [1.29, 1.82) is 0 Å². The van der Waals surface area contributed by atoms with Crippen LogP contribution >= 0.6 is 11.6 Å². The Hall–Kier alpha value is -0.890. The van der Waals surface area contributed by atoms with Crippen LogP contribution in [0.1, 0.15) is 33.1 Å². The van der Waals surface area contributed by atoms with Gasteiger partial charge in [-0.05, 0) is 36.8 Å². The normalized spacial score (nSPS) is 27.9. The SMILES string of the molecule is COc1cc(NC2CC(C)CCC2C)ccc1Cl. The van der Waals surface area contributed by atoms with Gasteiger partial charge >= 0.3 is 0 Å². The molecular weight excluding hydrogens is 246 g/mol. The Bertz CT molecular complexity index is 407. The number of hydrogen-bond acceptors (Lipinski definition) is 2. The Labute approximate surface area is 115 Å². The number of methoxy groups -OCH3 is 1. The molecule has 0 aromatic heterocycles. The number of hydrogen-bond donors (Lipinski definition) is 1. The maximum absolute atomic E-state index is 6.04. The molecule has 1 saturated carbocycles. The highest BCUT2D eigenvalue weighted by Crippen LogP contribution is 2.33. The van der Waals surface area contributed by atoms with Crippen LogP contribution in [0.3, 0.4) is 0 Å². The third-order valence-electron chi connectivity index (χ3n) is 3.96. The second-order valence-electron chi connectivity index (χ2n) is 5.50. The van der Waals surface area contributed by atoms with Crippen LogP contribution in [-0.2, 0) is 0 Å². The molecule has 0 bridgehead atoms. The molecule has 0 saturated heterocycles. The molecule has 1 aliphatic rings. The van der Waals surface area contributed by atoms with E-state index in [0.29, 0.717) is 11.1 Å². The van der Waals surface area contributed by atoms with Crippen LogP contribution in [0.5, 0.6) is 5.75 Å². The summed E-state index contributed by atoms with van der Waals surface area (Å²) in [4.78, 5) is 0. The van der Waals surface area contributed by atoms with E-state index in [4.69, 9.17) is 16.3 Å². The summed E-state index contributed by atoms with van der Waals surface area (Å²) in [6.45, 7) is 4.67. The molecule has 0 amide bonds. The van der Waals surface area contributed by atoms with E-state index in [0.717, 1.165) is 23.3 Å². The standard InChI is InChI=1S/C15H22ClNO/c1-10-4-5-11(2)14(8-10)17-12-6-7-13(16)15(9-12)18-3/h6-7,9-11,14,17H,4-5,8H2,1-3H3. The van der Waals surface area contributed by atoms with Gasteiger partial charge in [-0.1, -0.05) is 31.9 Å². The van der Waals surface area contributed by atoms with Gasteiger partial charge in [-0.2, -0.15) is 0 Å². The van der Waals surface area contributed by atoms with E-state index in [1.54, 1.807) is 7.11 Å². The minimum absolute atomic E-state index is 0.555. The molecule has 1 aromatic carbocycles. The van der Waals surface area contributed by atoms with Gasteiger partial charge < -0.3 is 10.1 Å². The Morgan fingerprint density at radius 3 is 2.78 bits per heavy atom. The summed E-state index contributed by atoms with van der Waals surface area (Å²) in [5.41, 5.74) is 1.10. The summed E-state index contributed by atoms with van der Waals surface area (Å²) < 4.78 is 5.25. The highest BCUT2D eigenvalue weighted by molar-refractivity contribution is 6.32. The van der Waals surface area contributed by atoms with E-state index in [2.05, 4.69) is 19.2 Å². The molecule has 0 aliphatic heterocycles. The Morgan fingerprint density at radius 2 is 2.06 bits per heavy atom. The largest absolute Gasteiger partial charge is 0.495 e. The molecule has 0 heterocycles. The minimum Gasteiger partial charge on any atom is -0.495 e. The predicted octanol–water partition coefficient (Wildman–Crippen LogP) is 4.59. The average Bonchev–Trinajstić information content (AvgIpc) is 2.36. The molecule has 2 rings (SSSR count). The number of ether oxygens (including phenoxy) is 1. The molecule has 3 heteroatoms. The fraction of sp³-hybridized carbons (Fsp3) is 0.600. The van der Waals surface area contributed by atoms with Gasteiger partial charge in [0.1, 0.15) is 5.75 Å². The van der Waals surface area contributed by atoms with Crippen molar-refractivity contribution < 1.29 is 4.74 Å². The highest BCUT2D eigenvalue weighted by atomic mass is 35.5. The van der Waals surface area contributed by atoms with E-state index >= 15 is 0 Å². The fourth-order valence-corrected chi connectivity index (χ4v) is 2.89. The second-order valence-corrected chi connectivity index (χ2v) is 5.90. The van der Waals surface area contributed by atoms with Crippen molar-refractivity contribution >= 4 is 17.3 Å². The molecule has 1 N–H and O–H groups in total. The summed E-state index contributed by atoms with van der Waals surface area (Å²) in [5.74, 6) is 2.27. The van der Waals surface area contributed by atoms with Gasteiger partial charge in [0.15, 0.2) is 0 Å². The van der Waals surface area contributed by atoms with Gasteiger partial charge in [0, 0.05) is 17.8 Å². The van der Waals surface area contributed by atoms with Gasteiger partial charge in [-0.3, -0.25) is 0 Å². The van der Waals surface area contributed by atoms with Gasteiger partial charge in [-0.25, -0.2) is 0 Å². The molecule has 0 radical (unpaired) electrons. The first kappa shape index (κ1) is 13.5. The number of anilines is 1. The third-order valence-corrected chi connectivity index (χ3v) is 4.27. The molecule has 2 nitrogen and oxygen atoms in total. The van der Waals surface area contributed by atoms with Crippen LogP contribution in [0, 0.1) is 11.8 Å². The first-order valence-electron chi connectivity index (χ1n) is 6.70. The fourth-order valence-electron chi connectivity index (χ4n) is 2.70. The zero-order valence-corrected chi connectivity index (χ0v) is 12.1. The van der Waals surface area contributed by atoms with Crippen molar-refractivity contribution in [2.45, 2.75) is 39.2 Å². The van der Waals surface area contributed by atoms with Crippen molar-refractivity contribution in [3.8, 4) is 5.75 Å². The van der Waals surface area contributed by atoms with Crippen LogP contribution in [0.2, 0.25) is 5.02 Å². The highest BCUT2D eigenvalue weighted by Gasteiger charge is 2.25. The maximum atomic E-state index is 6.04. The molecular formula is C15H22ClNO. The molecule has 3 atom stereocenters. The van der Waals surface area contributed by atoms with Gasteiger partial charge in [0.2, 0.25) is 0 Å². The average molecular weight is 268 g/mol. The van der Waals surface area contributed by atoms with Crippen molar-refractivity contribution in [3.05, 3.63) is 23.2 Å². The lowest BCUT2D eigenvalue weighted by molar-refractivity contribution is 0.280. The lowest BCUT2D eigenvalue weighted by Crippen LogP contribution is -2.33. The Morgan fingerprint density at radius 1 is 1.28 bits per heavy atom. The van der Waals surface area contributed by atoms with E-state index in [9.17, 15) is 0 Å². The zero-order chi connectivity index (χ0) is 13.1. The third kappa shape index (κ3) is 3.11. The first-order chi connectivity index (χ1) is 8.60. The van der Waals surface area contributed by atoms with Gasteiger partial charge in [-0.15, -0.1) is 0 Å². The smallest absolute Gasteiger partial charge is 0.139 e. The molecule has 0 spiro atoms. The number of nitrogens with one attached hydrogen (secondary N) is 1. The molecule has 1 fully saturated rings. The van der Waals surface area contributed by atoms with Crippen LogP contribution in [0.25, 0.3) is 0 Å². The van der Waals surface area contributed by atoms with Crippen LogP contribution in [0.4, 0.5) is 5.69 Å². The topological polar surface area (TPSA) is 21.3 Å². The monoisotopic (exact) mass is 267 g/mol. The van der Waals surface area contributed by atoms with Crippen LogP contribution < -0.4 is 10.1 Å². The maximum Gasteiger partial charge on any atom is 0.139 e. The second kappa shape index (κ2) is 5.83. The summed E-state index contributed by atoms with van der Waals surface area (Å²) in [5, 5.41) is 4.28. The number of benzene rings is 1. The molecule has 100 valence electrons. The van der Waals surface area contributed by atoms with E-state index < -0.39 is 0 Å². The van der Waals surface area contributed by atoms with E-state index in [1.165, 1.54) is 19.3 Å². The Balaban J connectivity index is 2.08. The predicted molar refractivity (Wildman–Crippen MR) is 77.6 cm³/mol. The van der Waals surface area contributed by atoms with Gasteiger partial charge in [0.25, 0.3) is 0 Å². The van der Waals surface area contributed by atoms with Gasteiger partial charge in [0.05, 0.1) is 12.1 Å².